The van der Waals surface area contributed by atoms with Crippen molar-refractivity contribution in [1.82, 2.24) is 19.9 Å². The van der Waals surface area contributed by atoms with Crippen molar-refractivity contribution < 1.29 is 0 Å². The van der Waals surface area contributed by atoms with Gasteiger partial charge in [0.1, 0.15) is 0 Å². The van der Waals surface area contributed by atoms with E-state index in [0.29, 0.717) is 0 Å². The number of H-pyrrole nitrogens is 2. The van der Waals surface area contributed by atoms with Gasteiger partial charge in [-0.3, -0.25) is 0 Å². The van der Waals surface area contributed by atoms with Gasteiger partial charge in [-0.05, 0) is 109 Å². The number of hydrogen-bond acceptors (Lipinski definition) is 4. The summed E-state index contributed by atoms with van der Waals surface area (Å²) in [4.78, 5) is 16.0. The Balaban J connectivity index is 0.000000161. The lowest BCUT2D eigenvalue weighted by Crippen LogP contribution is -1.90. The first-order valence-electron chi connectivity index (χ1n) is 12.4. The lowest BCUT2D eigenvalue weighted by atomic mass is 10.2. The zero-order valence-corrected chi connectivity index (χ0v) is 20.6. The van der Waals surface area contributed by atoms with E-state index in [9.17, 15) is 0 Å². The van der Waals surface area contributed by atoms with E-state index in [0.717, 1.165) is 61.9 Å². The zero-order valence-electron chi connectivity index (χ0n) is 20.6. The standard InChI is InChI=1S/C20H14N4.C12H12N2/c1-2-14-10-16-5-6-18(23-16)12-20-8-7-19(24-20)11-17-4-3-15(22-17)9-13(1)21-14;13-10-6-8-12(9-7-10)14-11-4-2-1-3-5-11/h1-12,21-22H;1-9,14H,13H2. The van der Waals surface area contributed by atoms with Crippen LogP contribution < -0.4 is 11.1 Å². The monoisotopic (exact) mass is 494 g/mol. The van der Waals surface area contributed by atoms with E-state index in [-0.39, 0.29) is 0 Å². The van der Waals surface area contributed by atoms with E-state index >= 15 is 0 Å². The number of hydrogen-bond donors (Lipinski definition) is 4. The molecule has 6 nitrogen and oxygen atoms in total. The topological polar surface area (TPSA) is 95.4 Å². The number of anilines is 3. The van der Waals surface area contributed by atoms with E-state index in [1.807, 2.05) is 97.1 Å². The van der Waals surface area contributed by atoms with E-state index < -0.39 is 0 Å². The number of fused-ring (bicyclic) bond motifs is 8. The summed E-state index contributed by atoms with van der Waals surface area (Å²) in [5, 5.41) is 3.28. The van der Waals surface area contributed by atoms with Crippen LogP contribution in [0.4, 0.5) is 17.1 Å². The van der Waals surface area contributed by atoms with E-state index in [1.165, 1.54) is 0 Å². The average molecular weight is 495 g/mol. The Hall–Kier alpha value is -5.36. The molecule has 8 bridgehead atoms. The molecule has 0 saturated carbocycles. The van der Waals surface area contributed by atoms with Gasteiger partial charge in [-0.2, -0.15) is 0 Å². The Morgan fingerprint density at radius 1 is 0.474 bits per heavy atom. The Morgan fingerprint density at radius 2 is 0.921 bits per heavy atom. The predicted molar refractivity (Wildman–Crippen MR) is 159 cm³/mol. The molecular formula is C32H26N6. The maximum absolute atomic E-state index is 5.59. The van der Waals surface area contributed by atoms with Crippen LogP contribution in [0.25, 0.3) is 46.4 Å². The minimum atomic E-state index is 0.781. The maximum atomic E-state index is 5.59. The minimum Gasteiger partial charge on any atom is -0.399 e. The van der Waals surface area contributed by atoms with E-state index in [4.69, 9.17) is 5.73 Å². The summed E-state index contributed by atoms with van der Waals surface area (Å²) in [6.45, 7) is 0. The second-order valence-electron chi connectivity index (χ2n) is 9.02. The molecule has 38 heavy (non-hydrogen) atoms. The summed E-state index contributed by atoms with van der Waals surface area (Å²) in [6.07, 6.45) is 8.05. The van der Waals surface area contributed by atoms with Crippen LogP contribution in [0.3, 0.4) is 0 Å². The van der Waals surface area contributed by atoms with Gasteiger partial charge < -0.3 is 21.0 Å². The lowest BCUT2D eigenvalue weighted by molar-refractivity contribution is 1.28. The van der Waals surface area contributed by atoms with Gasteiger partial charge >= 0.3 is 0 Å². The number of nitrogens with one attached hydrogen (secondary N) is 3. The predicted octanol–water partition coefficient (Wildman–Crippen LogP) is 7.67. The van der Waals surface area contributed by atoms with Crippen molar-refractivity contribution in [3.8, 4) is 0 Å². The lowest BCUT2D eigenvalue weighted by Gasteiger charge is -2.05. The highest BCUT2D eigenvalue weighted by molar-refractivity contribution is 5.77. The van der Waals surface area contributed by atoms with Gasteiger partial charge in [0.2, 0.25) is 0 Å². The molecule has 5 aromatic rings. The molecule has 0 atom stereocenters. The molecule has 184 valence electrons. The highest BCUT2D eigenvalue weighted by atomic mass is 14.9. The molecule has 2 aliphatic rings. The third-order valence-corrected chi connectivity index (χ3v) is 6.02. The highest BCUT2D eigenvalue weighted by Gasteiger charge is 2.02. The van der Waals surface area contributed by atoms with Gasteiger partial charge in [0.25, 0.3) is 0 Å². The normalized spacial score (nSPS) is 11.6. The second-order valence-corrected chi connectivity index (χ2v) is 9.02. The van der Waals surface area contributed by atoms with Crippen LogP contribution in [0, 0.1) is 0 Å². The fraction of sp³-hybridized carbons (Fsp3) is 0. The molecule has 0 aliphatic carbocycles. The van der Waals surface area contributed by atoms with Gasteiger partial charge in [-0.1, -0.05) is 18.2 Å². The van der Waals surface area contributed by atoms with Gasteiger partial charge in [0.05, 0.1) is 22.8 Å². The molecule has 5 N–H and O–H groups in total. The molecule has 7 rings (SSSR count). The Bertz CT molecular complexity index is 1700. The molecule has 2 aliphatic heterocycles. The molecular weight excluding hydrogens is 468 g/mol. The summed E-state index contributed by atoms with van der Waals surface area (Å²) < 4.78 is 0. The van der Waals surface area contributed by atoms with Crippen molar-refractivity contribution in [2.75, 3.05) is 11.1 Å². The molecule has 2 aromatic carbocycles. The minimum absolute atomic E-state index is 0.781. The molecule has 0 radical (unpaired) electrons. The quantitative estimate of drug-likeness (QED) is 0.185. The first kappa shape index (κ1) is 23.1. The van der Waals surface area contributed by atoms with Crippen molar-refractivity contribution in [1.29, 1.82) is 0 Å². The van der Waals surface area contributed by atoms with Crippen LogP contribution in [0.1, 0.15) is 22.8 Å². The number of nitrogen functional groups attached to an aromatic ring is 1. The van der Waals surface area contributed by atoms with Crippen LogP contribution in [0.15, 0.2) is 103 Å². The average Bonchev–Trinajstić information content (AvgIpc) is 3.73. The third-order valence-electron chi connectivity index (χ3n) is 6.02. The molecule has 5 heterocycles. The summed E-state index contributed by atoms with van der Waals surface area (Å²) in [7, 11) is 0. The Kier molecular flexibility index (Phi) is 6.27. The number of aromatic nitrogens is 4. The van der Waals surface area contributed by atoms with Crippen molar-refractivity contribution in [2.24, 2.45) is 0 Å². The molecule has 0 amide bonds. The number of para-hydroxylation sites is 1. The number of nitrogens with zero attached hydrogens (tertiary/aromatic N) is 2. The SMILES string of the molecule is C1=Cc2cc3ccc(cc4ccc(cc5nc(cc1n2)C=C5)[nH]4)[nH]3.Nc1ccc(Nc2ccccc2)cc1. The Morgan fingerprint density at radius 3 is 1.45 bits per heavy atom. The van der Waals surface area contributed by atoms with Gasteiger partial charge in [-0.15, -0.1) is 0 Å². The van der Waals surface area contributed by atoms with Crippen LogP contribution in [-0.2, 0) is 0 Å². The van der Waals surface area contributed by atoms with Gasteiger partial charge in [0, 0.05) is 39.1 Å². The van der Waals surface area contributed by atoms with Crippen molar-refractivity contribution >= 4 is 63.4 Å². The van der Waals surface area contributed by atoms with Crippen LogP contribution in [0.2, 0.25) is 0 Å². The fourth-order valence-electron chi connectivity index (χ4n) is 4.20. The maximum Gasteiger partial charge on any atom is 0.0659 e. The second kappa shape index (κ2) is 10.3. The Labute approximate surface area is 220 Å². The van der Waals surface area contributed by atoms with Gasteiger partial charge in [-0.25, -0.2) is 9.97 Å². The van der Waals surface area contributed by atoms with Crippen LogP contribution in [-0.4, -0.2) is 19.9 Å². The molecule has 0 unspecified atom stereocenters. The van der Waals surface area contributed by atoms with E-state index in [2.05, 4.69) is 55.6 Å². The molecule has 0 saturated heterocycles. The van der Waals surface area contributed by atoms with Crippen LogP contribution >= 0.6 is 0 Å². The van der Waals surface area contributed by atoms with Gasteiger partial charge in [0.15, 0.2) is 0 Å². The summed E-state index contributed by atoms with van der Waals surface area (Å²) in [5.74, 6) is 0. The zero-order chi connectivity index (χ0) is 25.7. The molecule has 6 heteroatoms. The summed E-state index contributed by atoms with van der Waals surface area (Å²) >= 11 is 0. The molecule has 0 spiro atoms. The van der Waals surface area contributed by atoms with Crippen molar-refractivity contribution in [3.05, 3.63) is 126 Å². The van der Waals surface area contributed by atoms with Crippen LogP contribution in [0.5, 0.6) is 0 Å². The number of nitrogens with two attached hydrogens (primary N) is 1. The van der Waals surface area contributed by atoms with Crippen molar-refractivity contribution in [3.63, 3.8) is 0 Å². The largest absolute Gasteiger partial charge is 0.399 e. The molecule has 3 aromatic heterocycles. The summed E-state index contributed by atoms with van der Waals surface area (Å²) in [6, 6.07) is 34.1. The third kappa shape index (κ3) is 5.71. The first-order valence-corrected chi connectivity index (χ1v) is 12.4. The fourth-order valence-corrected chi connectivity index (χ4v) is 4.20. The molecule has 0 fully saturated rings. The van der Waals surface area contributed by atoms with E-state index in [1.54, 1.807) is 0 Å². The number of rotatable bonds is 2. The smallest absolute Gasteiger partial charge is 0.0659 e. The van der Waals surface area contributed by atoms with Crippen molar-refractivity contribution in [2.45, 2.75) is 0 Å². The first-order chi connectivity index (χ1) is 18.6. The number of benzene rings is 2. The summed E-state index contributed by atoms with van der Waals surface area (Å²) in [5.41, 5.74) is 16.4. The number of aromatic amines is 2. The highest BCUT2D eigenvalue weighted by Crippen LogP contribution is 2.18.